The molecule has 0 atom stereocenters. The number of rotatable bonds is 4. The van der Waals surface area contributed by atoms with Gasteiger partial charge in [0, 0.05) is 17.8 Å². The number of hydrogen-bond acceptors (Lipinski definition) is 3. The predicted molar refractivity (Wildman–Crippen MR) is 70.3 cm³/mol. The van der Waals surface area contributed by atoms with Gasteiger partial charge in [-0.05, 0) is 20.8 Å². The van der Waals surface area contributed by atoms with Crippen LogP contribution < -0.4 is 0 Å². The molecule has 0 heterocycles. The minimum atomic E-state index is -0.180. The summed E-state index contributed by atoms with van der Waals surface area (Å²) in [7, 11) is 0. The van der Waals surface area contributed by atoms with Crippen LogP contribution in [0.3, 0.4) is 0 Å². The number of hydrogen-bond donors (Lipinski definition) is 1. The van der Waals surface area contributed by atoms with Gasteiger partial charge in [0.1, 0.15) is 5.76 Å². The van der Waals surface area contributed by atoms with Crippen LogP contribution in [0.15, 0.2) is 40.9 Å². The Balaban J connectivity index is 3.31. The summed E-state index contributed by atoms with van der Waals surface area (Å²) in [5.41, 5.74) is 1.49. The Morgan fingerprint density at radius 1 is 1.24 bits per heavy atom. The summed E-state index contributed by atoms with van der Waals surface area (Å²) >= 11 is 0. The molecule has 0 bridgehead atoms. The molecule has 0 aliphatic carbocycles. The van der Waals surface area contributed by atoms with Crippen molar-refractivity contribution in [2.75, 3.05) is 6.54 Å². The lowest BCUT2D eigenvalue weighted by Gasteiger charge is -2.08. The van der Waals surface area contributed by atoms with Crippen LogP contribution in [-0.2, 0) is 4.79 Å². The maximum Gasteiger partial charge on any atom is 0.165 e. The zero-order valence-electron chi connectivity index (χ0n) is 10.4. The van der Waals surface area contributed by atoms with Crippen LogP contribution in [0, 0.1) is 0 Å². The summed E-state index contributed by atoms with van der Waals surface area (Å²) in [6.45, 7) is 5.65. The van der Waals surface area contributed by atoms with Gasteiger partial charge < -0.3 is 5.11 Å². The molecule has 0 amide bonds. The Bertz CT molecular complexity index is 458. The molecule has 1 aromatic rings. The predicted octanol–water partition coefficient (Wildman–Crippen LogP) is 3.03. The second-order valence-electron chi connectivity index (χ2n) is 3.71. The number of allylic oxidation sites excluding steroid dienone is 1. The van der Waals surface area contributed by atoms with E-state index in [9.17, 15) is 9.90 Å². The first-order valence-electron chi connectivity index (χ1n) is 5.59. The summed E-state index contributed by atoms with van der Waals surface area (Å²) in [5.74, 6) is -0.186. The molecule has 0 radical (unpaired) electrons. The van der Waals surface area contributed by atoms with E-state index in [1.54, 1.807) is 19.1 Å². The van der Waals surface area contributed by atoms with Gasteiger partial charge in [0.05, 0.1) is 5.57 Å². The molecule has 0 unspecified atom stereocenters. The van der Waals surface area contributed by atoms with Crippen molar-refractivity contribution in [3.63, 3.8) is 0 Å². The van der Waals surface area contributed by atoms with Crippen molar-refractivity contribution >= 4 is 17.3 Å². The molecule has 0 aliphatic rings. The van der Waals surface area contributed by atoms with E-state index in [1.165, 1.54) is 6.92 Å². The standard InChI is InChI=1S/C14H17NO2/c1-4-15-10(2)13(11(3)16)14(17)12-8-6-5-7-9-12/h5-9,17H,4H2,1-3H3/b14-13-,15-10?. The van der Waals surface area contributed by atoms with Gasteiger partial charge in [-0.25, -0.2) is 0 Å². The van der Waals surface area contributed by atoms with Crippen LogP contribution in [0.4, 0.5) is 0 Å². The third kappa shape index (κ3) is 3.28. The van der Waals surface area contributed by atoms with Gasteiger partial charge in [0.15, 0.2) is 5.78 Å². The minimum absolute atomic E-state index is 0.00667. The van der Waals surface area contributed by atoms with E-state index in [0.717, 1.165) is 0 Å². The Morgan fingerprint density at radius 3 is 2.29 bits per heavy atom. The molecule has 0 spiro atoms. The van der Waals surface area contributed by atoms with Gasteiger partial charge in [-0.2, -0.15) is 0 Å². The number of aliphatic hydroxyl groups excluding tert-OH is 1. The SMILES string of the molecule is CCN=C(C)/C(C(C)=O)=C(/O)c1ccccc1. The number of Topliss-reactive ketones (excluding diaryl/α,β-unsaturated/α-hetero) is 1. The number of aliphatic hydroxyl groups is 1. The molecule has 1 aromatic carbocycles. The lowest BCUT2D eigenvalue weighted by Crippen LogP contribution is -2.10. The average Bonchev–Trinajstić information content (AvgIpc) is 2.30. The smallest absolute Gasteiger partial charge is 0.165 e. The molecule has 0 aromatic heterocycles. The zero-order chi connectivity index (χ0) is 12.8. The van der Waals surface area contributed by atoms with E-state index in [2.05, 4.69) is 4.99 Å². The second kappa shape index (κ2) is 5.99. The number of nitrogens with zero attached hydrogens (tertiary/aromatic N) is 1. The van der Waals surface area contributed by atoms with Crippen molar-refractivity contribution in [3.8, 4) is 0 Å². The van der Waals surface area contributed by atoms with Crippen molar-refractivity contribution in [2.45, 2.75) is 20.8 Å². The molecule has 90 valence electrons. The van der Waals surface area contributed by atoms with Crippen LogP contribution in [0.2, 0.25) is 0 Å². The van der Waals surface area contributed by atoms with Crippen LogP contribution in [0.5, 0.6) is 0 Å². The molecule has 17 heavy (non-hydrogen) atoms. The number of carbonyl (C=O) groups is 1. The van der Waals surface area contributed by atoms with E-state index >= 15 is 0 Å². The molecule has 1 N–H and O–H groups in total. The minimum Gasteiger partial charge on any atom is -0.506 e. The summed E-state index contributed by atoms with van der Waals surface area (Å²) in [4.78, 5) is 15.7. The van der Waals surface area contributed by atoms with Crippen LogP contribution >= 0.6 is 0 Å². The lowest BCUT2D eigenvalue weighted by atomic mass is 10.0. The Labute approximate surface area is 102 Å². The van der Waals surface area contributed by atoms with Crippen LogP contribution in [-0.4, -0.2) is 23.1 Å². The summed E-state index contributed by atoms with van der Waals surface area (Å²) in [5, 5.41) is 10.1. The number of benzene rings is 1. The fourth-order valence-corrected chi connectivity index (χ4v) is 1.65. The highest BCUT2D eigenvalue weighted by molar-refractivity contribution is 6.24. The van der Waals surface area contributed by atoms with Gasteiger partial charge >= 0.3 is 0 Å². The molecule has 3 heteroatoms. The highest BCUT2D eigenvalue weighted by atomic mass is 16.3. The molecule has 1 rings (SSSR count). The van der Waals surface area contributed by atoms with Gasteiger partial charge in [0.2, 0.25) is 0 Å². The van der Waals surface area contributed by atoms with E-state index in [0.29, 0.717) is 17.8 Å². The fraction of sp³-hybridized carbons (Fsp3) is 0.286. The highest BCUT2D eigenvalue weighted by Gasteiger charge is 2.15. The van der Waals surface area contributed by atoms with E-state index < -0.39 is 0 Å². The second-order valence-corrected chi connectivity index (χ2v) is 3.71. The van der Waals surface area contributed by atoms with Gasteiger partial charge in [-0.3, -0.25) is 9.79 Å². The van der Waals surface area contributed by atoms with E-state index in [1.807, 2.05) is 25.1 Å². The number of ketones is 1. The molecular formula is C14H17NO2. The van der Waals surface area contributed by atoms with Gasteiger partial charge in [-0.1, -0.05) is 30.3 Å². The van der Waals surface area contributed by atoms with Crippen molar-refractivity contribution in [1.82, 2.24) is 0 Å². The Hall–Kier alpha value is -1.90. The lowest BCUT2D eigenvalue weighted by molar-refractivity contribution is -0.113. The molecule has 0 saturated heterocycles. The topological polar surface area (TPSA) is 49.7 Å². The Kier molecular flexibility index (Phi) is 4.64. The highest BCUT2D eigenvalue weighted by Crippen LogP contribution is 2.17. The molecule has 0 saturated carbocycles. The third-order valence-electron chi connectivity index (χ3n) is 2.39. The molecule has 0 fully saturated rings. The maximum absolute atomic E-state index is 11.6. The molecular weight excluding hydrogens is 214 g/mol. The number of aliphatic imine (C=N–C) groups is 1. The maximum atomic E-state index is 11.6. The zero-order valence-corrected chi connectivity index (χ0v) is 10.4. The summed E-state index contributed by atoms with van der Waals surface area (Å²) in [6.07, 6.45) is 0. The first kappa shape index (κ1) is 13.2. The first-order chi connectivity index (χ1) is 8.07. The fourth-order valence-electron chi connectivity index (χ4n) is 1.65. The van der Waals surface area contributed by atoms with Crippen molar-refractivity contribution in [2.24, 2.45) is 4.99 Å². The summed E-state index contributed by atoms with van der Waals surface area (Å²) in [6, 6.07) is 9.01. The van der Waals surface area contributed by atoms with Crippen LogP contribution in [0.25, 0.3) is 5.76 Å². The van der Waals surface area contributed by atoms with E-state index in [-0.39, 0.29) is 17.1 Å². The third-order valence-corrected chi connectivity index (χ3v) is 2.39. The monoisotopic (exact) mass is 231 g/mol. The van der Waals surface area contributed by atoms with Gasteiger partial charge in [0.25, 0.3) is 0 Å². The largest absolute Gasteiger partial charge is 0.506 e. The van der Waals surface area contributed by atoms with Crippen molar-refractivity contribution in [3.05, 3.63) is 41.5 Å². The molecule has 0 aliphatic heterocycles. The number of carbonyl (C=O) groups excluding carboxylic acids is 1. The quantitative estimate of drug-likeness (QED) is 0.492. The normalized spacial score (nSPS) is 13.2. The van der Waals surface area contributed by atoms with Crippen LogP contribution in [0.1, 0.15) is 26.3 Å². The molecule has 3 nitrogen and oxygen atoms in total. The Morgan fingerprint density at radius 2 is 1.82 bits per heavy atom. The first-order valence-corrected chi connectivity index (χ1v) is 5.59. The van der Waals surface area contributed by atoms with Crippen molar-refractivity contribution < 1.29 is 9.90 Å². The van der Waals surface area contributed by atoms with E-state index in [4.69, 9.17) is 0 Å². The van der Waals surface area contributed by atoms with Crippen molar-refractivity contribution in [1.29, 1.82) is 0 Å². The van der Waals surface area contributed by atoms with Gasteiger partial charge in [-0.15, -0.1) is 0 Å². The average molecular weight is 231 g/mol. The summed E-state index contributed by atoms with van der Waals surface area (Å²) < 4.78 is 0.